The molecule has 1 fully saturated rings. The molecule has 1 aliphatic rings. The number of nitrogens with one attached hydrogen (secondary N) is 1. The Morgan fingerprint density at radius 3 is 2.45 bits per heavy atom. The zero-order valence-corrected chi connectivity index (χ0v) is 12.6. The molecule has 3 rings (SSSR count). The molecule has 0 amide bonds. The summed E-state index contributed by atoms with van der Waals surface area (Å²) < 4.78 is 5.47. The van der Waals surface area contributed by atoms with Crippen molar-refractivity contribution in [2.24, 2.45) is 0 Å². The molecule has 0 radical (unpaired) electrons. The molecule has 0 bridgehead atoms. The van der Waals surface area contributed by atoms with Gasteiger partial charge in [-0.1, -0.05) is 35.3 Å². The van der Waals surface area contributed by atoms with Crippen LogP contribution >= 0.6 is 23.2 Å². The molecule has 0 saturated carbocycles. The average Bonchev–Trinajstić information content (AvgIpc) is 2.89. The Labute approximate surface area is 127 Å². The van der Waals surface area contributed by atoms with Gasteiger partial charge in [-0.3, -0.25) is 0 Å². The summed E-state index contributed by atoms with van der Waals surface area (Å²) in [7, 11) is 0. The van der Waals surface area contributed by atoms with Crippen LogP contribution in [-0.4, -0.2) is 23.2 Å². The van der Waals surface area contributed by atoms with E-state index in [-0.39, 0.29) is 5.41 Å². The zero-order chi connectivity index (χ0) is 14.2. The van der Waals surface area contributed by atoms with Crippen LogP contribution in [0, 0.1) is 0 Å². The standard InChI is InChI=1S/C14H15Cl2N3O/c1-14(2-4-17-5-3-14)13-18-12(19-20-13)9-6-10(15)8-11(16)7-9/h6-8,17H,2-5H2,1H3. The molecule has 1 N–H and O–H groups in total. The van der Waals surface area contributed by atoms with Gasteiger partial charge in [0.05, 0.1) is 0 Å². The summed E-state index contributed by atoms with van der Waals surface area (Å²) in [6, 6.07) is 5.25. The van der Waals surface area contributed by atoms with E-state index in [1.165, 1.54) is 0 Å². The third-order valence-electron chi connectivity index (χ3n) is 3.77. The lowest BCUT2D eigenvalue weighted by molar-refractivity contribution is 0.241. The van der Waals surface area contributed by atoms with Crippen LogP contribution in [0.2, 0.25) is 10.0 Å². The lowest BCUT2D eigenvalue weighted by atomic mass is 9.81. The molecule has 2 heterocycles. The monoisotopic (exact) mass is 311 g/mol. The smallest absolute Gasteiger partial charge is 0.232 e. The first-order valence-corrected chi connectivity index (χ1v) is 7.34. The summed E-state index contributed by atoms with van der Waals surface area (Å²) >= 11 is 12.0. The van der Waals surface area contributed by atoms with Gasteiger partial charge in [-0.05, 0) is 44.1 Å². The SMILES string of the molecule is CC1(c2nc(-c3cc(Cl)cc(Cl)c3)no2)CCNCC1. The maximum Gasteiger partial charge on any atom is 0.232 e. The second-order valence-corrected chi connectivity index (χ2v) is 6.26. The summed E-state index contributed by atoms with van der Waals surface area (Å²) in [5, 5.41) is 8.53. The first-order valence-electron chi connectivity index (χ1n) is 6.58. The highest BCUT2D eigenvalue weighted by atomic mass is 35.5. The molecule has 4 nitrogen and oxygen atoms in total. The minimum absolute atomic E-state index is 0.0567. The van der Waals surface area contributed by atoms with Gasteiger partial charge in [0, 0.05) is 21.0 Å². The number of piperidine rings is 1. The van der Waals surface area contributed by atoms with Crippen LogP contribution in [0.5, 0.6) is 0 Å². The summed E-state index contributed by atoms with van der Waals surface area (Å²) in [6.07, 6.45) is 1.98. The van der Waals surface area contributed by atoms with Crippen LogP contribution in [0.3, 0.4) is 0 Å². The molecule has 1 aliphatic heterocycles. The van der Waals surface area contributed by atoms with Crippen LogP contribution in [0.1, 0.15) is 25.7 Å². The van der Waals surface area contributed by atoms with Crippen LogP contribution < -0.4 is 5.32 Å². The first-order chi connectivity index (χ1) is 9.57. The summed E-state index contributed by atoms with van der Waals surface area (Å²) in [5.41, 5.74) is 0.717. The third-order valence-corrected chi connectivity index (χ3v) is 4.21. The number of benzene rings is 1. The van der Waals surface area contributed by atoms with Crippen molar-refractivity contribution in [3.63, 3.8) is 0 Å². The quantitative estimate of drug-likeness (QED) is 0.919. The highest BCUT2D eigenvalue weighted by molar-refractivity contribution is 6.35. The minimum Gasteiger partial charge on any atom is -0.338 e. The molecule has 1 aromatic heterocycles. The molecule has 0 spiro atoms. The van der Waals surface area contributed by atoms with E-state index in [1.54, 1.807) is 18.2 Å². The Morgan fingerprint density at radius 2 is 1.80 bits per heavy atom. The van der Waals surface area contributed by atoms with E-state index < -0.39 is 0 Å². The minimum atomic E-state index is -0.0567. The van der Waals surface area contributed by atoms with Crippen molar-refractivity contribution in [2.45, 2.75) is 25.2 Å². The van der Waals surface area contributed by atoms with Crippen LogP contribution in [0.25, 0.3) is 11.4 Å². The topological polar surface area (TPSA) is 51.0 Å². The van der Waals surface area contributed by atoms with E-state index in [0.29, 0.717) is 21.8 Å². The van der Waals surface area contributed by atoms with Crippen LogP contribution in [-0.2, 0) is 5.41 Å². The fourth-order valence-corrected chi connectivity index (χ4v) is 2.99. The Morgan fingerprint density at radius 1 is 1.15 bits per heavy atom. The molecular weight excluding hydrogens is 297 g/mol. The molecular formula is C14H15Cl2N3O. The Kier molecular flexibility index (Phi) is 3.71. The van der Waals surface area contributed by atoms with Gasteiger partial charge in [0.2, 0.25) is 11.7 Å². The highest BCUT2D eigenvalue weighted by Crippen LogP contribution is 2.33. The lowest BCUT2D eigenvalue weighted by Gasteiger charge is -2.30. The van der Waals surface area contributed by atoms with Crippen molar-refractivity contribution in [1.82, 2.24) is 15.5 Å². The van der Waals surface area contributed by atoms with Crippen LogP contribution in [0.4, 0.5) is 0 Å². The van der Waals surface area contributed by atoms with E-state index in [1.807, 2.05) is 0 Å². The third kappa shape index (κ3) is 2.68. The molecule has 0 aliphatic carbocycles. The first kappa shape index (κ1) is 13.9. The summed E-state index contributed by atoms with van der Waals surface area (Å²) in [6.45, 7) is 4.10. The van der Waals surface area contributed by atoms with E-state index in [4.69, 9.17) is 27.7 Å². The van der Waals surface area contributed by atoms with Gasteiger partial charge in [0.1, 0.15) is 0 Å². The van der Waals surface area contributed by atoms with Gasteiger partial charge in [-0.15, -0.1) is 0 Å². The Hall–Kier alpha value is -1.10. The number of nitrogens with zero attached hydrogens (tertiary/aromatic N) is 2. The zero-order valence-electron chi connectivity index (χ0n) is 11.1. The maximum atomic E-state index is 6.00. The van der Waals surface area contributed by atoms with Crippen molar-refractivity contribution in [3.8, 4) is 11.4 Å². The van der Waals surface area contributed by atoms with Gasteiger partial charge in [-0.2, -0.15) is 4.98 Å². The van der Waals surface area contributed by atoms with Gasteiger partial charge < -0.3 is 9.84 Å². The Bertz CT molecular complexity index is 600. The van der Waals surface area contributed by atoms with E-state index in [9.17, 15) is 0 Å². The predicted molar refractivity (Wildman–Crippen MR) is 79.2 cm³/mol. The van der Waals surface area contributed by atoms with E-state index in [0.717, 1.165) is 31.5 Å². The van der Waals surface area contributed by atoms with Crippen LogP contribution in [0.15, 0.2) is 22.7 Å². The molecule has 20 heavy (non-hydrogen) atoms. The fraction of sp³-hybridized carbons (Fsp3) is 0.429. The normalized spacial score (nSPS) is 18.1. The number of rotatable bonds is 2. The number of halogens is 2. The largest absolute Gasteiger partial charge is 0.338 e. The molecule has 0 atom stereocenters. The fourth-order valence-electron chi connectivity index (χ4n) is 2.46. The molecule has 1 aromatic carbocycles. The molecule has 0 unspecified atom stereocenters. The van der Waals surface area contributed by atoms with Gasteiger partial charge in [0.25, 0.3) is 0 Å². The van der Waals surface area contributed by atoms with Crippen molar-refractivity contribution in [1.29, 1.82) is 0 Å². The highest BCUT2D eigenvalue weighted by Gasteiger charge is 2.34. The van der Waals surface area contributed by atoms with Crippen molar-refractivity contribution in [2.75, 3.05) is 13.1 Å². The van der Waals surface area contributed by atoms with Gasteiger partial charge in [-0.25, -0.2) is 0 Å². The second kappa shape index (κ2) is 5.35. The maximum absolute atomic E-state index is 6.00. The van der Waals surface area contributed by atoms with E-state index in [2.05, 4.69) is 22.4 Å². The lowest BCUT2D eigenvalue weighted by Crippen LogP contribution is -2.37. The molecule has 6 heteroatoms. The average molecular weight is 312 g/mol. The number of aromatic nitrogens is 2. The van der Waals surface area contributed by atoms with Gasteiger partial charge in [0.15, 0.2) is 0 Å². The molecule has 106 valence electrons. The second-order valence-electron chi connectivity index (χ2n) is 5.39. The van der Waals surface area contributed by atoms with Crippen molar-refractivity contribution >= 4 is 23.2 Å². The predicted octanol–water partition coefficient (Wildman–Crippen LogP) is 3.68. The summed E-state index contributed by atoms with van der Waals surface area (Å²) in [4.78, 5) is 4.54. The van der Waals surface area contributed by atoms with Crippen molar-refractivity contribution < 1.29 is 4.52 Å². The summed E-state index contributed by atoms with van der Waals surface area (Å²) in [5.74, 6) is 1.22. The number of hydrogen-bond donors (Lipinski definition) is 1. The van der Waals surface area contributed by atoms with Crippen molar-refractivity contribution in [3.05, 3.63) is 34.1 Å². The molecule has 1 saturated heterocycles. The van der Waals surface area contributed by atoms with Gasteiger partial charge >= 0.3 is 0 Å². The Balaban J connectivity index is 1.93. The number of hydrogen-bond acceptors (Lipinski definition) is 4. The van der Waals surface area contributed by atoms with E-state index >= 15 is 0 Å². The molecule has 2 aromatic rings.